The van der Waals surface area contributed by atoms with Gasteiger partial charge in [0.1, 0.15) is 12.7 Å². The van der Waals surface area contributed by atoms with Crippen LogP contribution in [0.5, 0.6) is 0 Å². The molecule has 7 nitrogen and oxygen atoms in total. The molecule has 0 bridgehead atoms. The van der Waals surface area contributed by atoms with Gasteiger partial charge in [-0.25, -0.2) is 9.59 Å². The molecule has 0 heterocycles. The maximum absolute atomic E-state index is 10.5. The molecule has 0 aliphatic rings. The second-order valence-electron chi connectivity index (χ2n) is 1.80. The van der Waals surface area contributed by atoms with Crippen molar-refractivity contribution < 1.29 is 24.3 Å². The van der Waals surface area contributed by atoms with Crippen molar-refractivity contribution in [1.82, 2.24) is 0 Å². The first kappa shape index (κ1) is 11.6. The first-order valence-electron chi connectivity index (χ1n) is 3.28. The molecule has 0 amide bonds. The first-order valence-corrected chi connectivity index (χ1v) is 3.28. The normalized spacial score (nSPS) is 9.79. The number of nitriles is 1. The summed E-state index contributed by atoms with van der Waals surface area (Å²) in [6, 6.07) is 1.21. The Labute approximate surface area is 78.8 Å². The minimum absolute atomic E-state index is 0.0939. The lowest BCUT2D eigenvalue weighted by Gasteiger charge is -1.96. The third kappa shape index (κ3) is 4.50. The first-order chi connectivity index (χ1) is 6.61. The molecule has 0 saturated carbocycles. The van der Waals surface area contributed by atoms with Gasteiger partial charge in [0.25, 0.3) is 5.71 Å². The maximum Gasteiger partial charge on any atom is 0.535 e. The molecule has 7 heteroatoms. The molecular weight excluding hydrogens is 192 g/mol. The van der Waals surface area contributed by atoms with Crippen molar-refractivity contribution in [2.45, 2.75) is 0 Å². The molecule has 0 atom stereocenters. The van der Waals surface area contributed by atoms with Crippen LogP contribution in [0.4, 0.5) is 4.79 Å². The van der Waals surface area contributed by atoms with E-state index in [0.29, 0.717) is 0 Å². The van der Waals surface area contributed by atoms with Gasteiger partial charge in [0.15, 0.2) is 0 Å². The lowest BCUT2D eigenvalue weighted by molar-refractivity contribution is -0.129. The van der Waals surface area contributed by atoms with Crippen LogP contribution in [-0.2, 0) is 14.4 Å². The van der Waals surface area contributed by atoms with E-state index in [1.165, 1.54) is 12.1 Å². The number of oxime groups is 1. The summed E-state index contributed by atoms with van der Waals surface area (Å²) in [4.78, 5) is 24.6. The summed E-state index contributed by atoms with van der Waals surface area (Å²) in [6.07, 6.45) is 0.0757. The van der Waals surface area contributed by atoms with E-state index < -0.39 is 17.8 Å². The van der Waals surface area contributed by atoms with Gasteiger partial charge in [0.05, 0.1) is 0 Å². The lowest BCUT2D eigenvalue weighted by atomic mass is 10.4. The number of ether oxygens (including phenoxy) is 1. The van der Waals surface area contributed by atoms with E-state index in [1.807, 2.05) is 0 Å². The van der Waals surface area contributed by atoms with Gasteiger partial charge in [-0.1, -0.05) is 17.8 Å². The Hall–Kier alpha value is -2.36. The molecule has 0 saturated heterocycles. The maximum atomic E-state index is 10.5. The topological polar surface area (TPSA) is 109 Å². The molecule has 14 heavy (non-hydrogen) atoms. The highest BCUT2D eigenvalue weighted by Crippen LogP contribution is 1.88. The number of hydrogen-bond donors (Lipinski definition) is 1. The van der Waals surface area contributed by atoms with Crippen molar-refractivity contribution in [1.29, 1.82) is 5.26 Å². The van der Waals surface area contributed by atoms with Crippen LogP contribution in [0, 0.1) is 11.3 Å². The fourth-order valence-corrected chi connectivity index (χ4v) is 0.344. The fraction of sp³-hybridized carbons (Fsp3) is 0.143. The van der Waals surface area contributed by atoms with Crippen LogP contribution in [0.1, 0.15) is 0 Å². The van der Waals surface area contributed by atoms with Crippen LogP contribution < -0.4 is 0 Å². The molecule has 0 radical (unpaired) electrons. The van der Waals surface area contributed by atoms with Crippen molar-refractivity contribution in [2.24, 2.45) is 5.16 Å². The van der Waals surface area contributed by atoms with Crippen LogP contribution in [0.2, 0.25) is 0 Å². The molecule has 0 fully saturated rings. The summed E-state index contributed by atoms with van der Waals surface area (Å²) >= 11 is 0. The van der Waals surface area contributed by atoms with E-state index in [9.17, 15) is 9.59 Å². The summed E-state index contributed by atoms with van der Waals surface area (Å²) in [6.45, 7) is 3.16. The molecule has 0 aromatic heterocycles. The average molecular weight is 198 g/mol. The highest BCUT2D eigenvalue weighted by atomic mass is 16.8. The van der Waals surface area contributed by atoms with Crippen molar-refractivity contribution >= 4 is 17.8 Å². The Morgan fingerprint density at radius 3 is 2.71 bits per heavy atom. The van der Waals surface area contributed by atoms with Crippen LogP contribution in [0.15, 0.2) is 17.8 Å². The average Bonchev–Trinajstić information content (AvgIpc) is 2.15. The van der Waals surface area contributed by atoms with Crippen LogP contribution in [0.3, 0.4) is 0 Å². The molecule has 0 aromatic rings. The van der Waals surface area contributed by atoms with Gasteiger partial charge in [-0.2, -0.15) is 5.26 Å². The van der Waals surface area contributed by atoms with Crippen LogP contribution in [-0.4, -0.2) is 29.5 Å². The van der Waals surface area contributed by atoms with Gasteiger partial charge < -0.3 is 9.84 Å². The van der Waals surface area contributed by atoms with Gasteiger partial charge in [0.2, 0.25) is 0 Å². The minimum atomic E-state index is -1.59. The standard InChI is InChI=1S/C7H6N2O5/c1-2-3-13-7(12)14-9-5(4-8)6(10)11/h2H,1,3H2,(H,10,11)/b9-5+. The van der Waals surface area contributed by atoms with Gasteiger partial charge in [-0.15, -0.1) is 0 Å². The highest BCUT2D eigenvalue weighted by molar-refractivity contribution is 6.42. The number of carboxylic acid groups (broad SMARTS) is 1. The van der Waals surface area contributed by atoms with Gasteiger partial charge in [-0.05, 0) is 0 Å². The predicted molar refractivity (Wildman–Crippen MR) is 43.3 cm³/mol. The summed E-state index contributed by atoms with van der Waals surface area (Å²) < 4.78 is 4.28. The van der Waals surface area contributed by atoms with Crippen molar-refractivity contribution in [3.05, 3.63) is 12.7 Å². The zero-order valence-corrected chi connectivity index (χ0v) is 6.97. The Bertz CT molecular complexity index is 315. The quantitative estimate of drug-likeness (QED) is 0.228. The highest BCUT2D eigenvalue weighted by Gasteiger charge is 2.10. The third-order valence-corrected chi connectivity index (χ3v) is 0.839. The summed E-state index contributed by atoms with van der Waals surface area (Å²) in [5.74, 6) is -1.59. The Morgan fingerprint density at radius 2 is 2.29 bits per heavy atom. The van der Waals surface area contributed by atoms with E-state index in [0.717, 1.165) is 0 Å². The summed E-state index contributed by atoms with van der Waals surface area (Å²) in [5.41, 5.74) is -0.944. The molecule has 0 aromatic carbocycles. The number of carboxylic acids is 1. The molecule has 0 aliphatic carbocycles. The van der Waals surface area contributed by atoms with E-state index in [1.54, 1.807) is 0 Å². The van der Waals surface area contributed by atoms with E-state index in [2.05, 4.69) is 21.3 Å². The number of nitrogens with zero attached hydrogens (tertiary/aromatic N) is 2. The van der Waals surface area contributed by atoms with Crippen molar-refractivity contribution in [3.63, 3.8) is 0 Å². The predicted octanol–water partition coefficient (Wildman–Crippen LogP) is 0.290. The number of rotatable bonds is 4. The van der Waals surface area contributed by atoms with E-state index >= 15 is 0 Å². The molecule has 0 aliphatic heterocycles. The number of carbonyl (C=O) groups excluding carboxylic acids is 1. The molecule has 0 rings (SSSR count). The van der Waals surface area contributed by atoms with Gasteiger partial charge in [-0.3, -0.25) is 4.84 Å². The monoisotopic (exact) mass is 198 g/mol. The SMILES string of the molecule is C=CCOC(=O)O/N=C(\C#N)C(=O)O. The smallest absolute Gasteiger partial charge is 0.476 e. The second-order valence-corrected chi connectivity index (χ2v) is 1.80. The lowest BCUT2D eigenvalue weighted by Crippen LogP contribution is -2.13. The largest absolute Gasteiger partial charge is 0.535 e. The summed E-state index contributed by atoms with van der Waals surface area (Å²) in [7, 11) is 0. The Kier molecular flexibility index (Phi) is 5.15. The molecule has 0 spiro atoms. The molecule has 74 valence electrons. The Balaban J connectivity index is 4.14. The van der Waals surface area contributed by atoms with Crippen LogP contribution >= 0.6 is 0 Å². The number of aliphatic carboxylic acids is 1. The second kappa shape index (κ2) is 6.19. The number of hydrogen-bond acceptors (Lipinski definition) is 6. The molecule has 1 N–H and O–H groups in total. The Morgan fingerprint density at radius 1 is 1.64 bits per heavy atom. The minimum Gasteiger partial charge on any atom is -0.476 e. The van der Waals surface area contributed by atoms with Gasteiger partial charge in [0, 0.05) is 0 Å². The van der Waals surface area contributed by atoms with Gasteiger partial charge >= 0.3 is 12.1 Å². The van der Waals surface area contributed by atoms with Crippen molar-refractivity contribution in [3.8, 4) is 6.07 Å². The zero-order chi connectivity index (χ0) is 11.0. The fourth-order valence-electron chi connectivity index (χ4n) is 0.344. The third-order valence-electron chi connectivity index (χ3n) is 0.839. The van der Waals surface area contributed by atoms with Crippen molar-refractivity contribution in [2.75, 3.05) is 6.61 Å². The zero-order valence-electron chi connectivity index (χ0n) is 6.97. The summed E-state index contributed by atoms with van der Waals surface area (Å²) in [5, 5.41) is 19.2. The molecule has 0 unspecified atom stereocenters. The number of carbonyl (C=O) groups is 2. The molecular formula is C7H6N2O5. The van der Waals surface area contributed by atoms with E-state index in [-0.39, 0.29) is 6.61 Å². The van der Waals surface area contributed by atoms with Crippen LogP contribution in [0.25, 0.3) is 0 Å². The van der Waals surface area contributed by atoms with E-state index in [4.69, 9.17) is 10.4 Å².